The molecule has 0 aromatic carbocycles. The maximum atomic E-state index is 6.01. The van der Waals surface area contributed by atoms with Gasteiger partial charge in [0.25, 0.3) is 0 Å². The lowest BCUT2D eigenvalue weighted by Crippen LogP contribution is -2.47. The largest absolute Gasteiger partial charge is 0.375 e. The fourth-order valence-corrected chi connectivity index (χ4v) is 2.80. The van der Waals surface area contributed by atoms with Crippen molar-refractivity contribution in [1.82, 2.24) is 4.90 Å². The van der Waals surface area contributed by atoms with E-state index in [2.05, 4.69) is 4.90 Å². The smallest absolute Gasteiger partial charge is 0.0706 e. The van der Waals surface area contributed by atoms with E-state index in [1.807, 2.05) is 0 Å². The summed E-state index contributed by atoms with van der Waals surface area (Å²) in [5.74, 6) is 0. The van der Waals surface area contributed by atoms with E-state index in [9.17, 15) is 0 Å². The molecule has 2 N–H and O–H groups in total. The van der Waals surface area contributed by atoms with Crippen LogP contribution in [0.15, 0.2) is 0 Å². The molecule has 2 heterocycles. The molecule has 0 aromatic heterocycles. The highest BCUT2D eigenvalue weighted by Gasteiger charge is 2.36. The van der Waals surface area contributed by atoms with Crippen LogP contribution in [0.2, 0.25) is 0 Å². The van der Waals surface area contributed by atoms with Crippen LogP contribution >= 0.6 is 0 Å². The number of rotatable bonds is 3. The number of nitrogens with zero attached hydrogens (tertiary/aromatic N) is 1. The molecule has 0 bridgehead atoms. The van der Waals surface area contributed by atoms with E-state index in [1.54, 1.807) is 0 Å². The van der Waals surface area contributed by atoms with Crippen LogP contribution in [-0.4, -0.2) is 43.3 Å². The molecule has 0 aliphatic carbocycles. The van der Waals surface area contributed by atoms with Gasteiger partial charge in [0.15, 0.2) is 0 Å². The van der Waals surface area contributed by atoms with Crippen molar-refractivity contribution < 1.29 is 4.74 Å². The molecule has 3 heteroatoms. The molecule has 2 fully saturated rings. The average molecular weight is 212 g/mol. The van der Waals surface area contributed by atoms with E-state index in [4.69, 9.17) is 10.5 Å². The zero-order chi connectivity index (χ0) is 10.6. The minimum atomic E-state index is 0.261. The molecule has 15 heavy (non-hydrogen) atoms. The summed E-state index contributed by atoms with van der Waals surface area (Å²) in [6, 6.07) is 0. The molecule has 0 amide bonds. The van der Waals surface area contributed by atoms with E-state index in [0.717, 1.165) is 19.6 Å². The zero-order valence-electron chi connectivity index (χ0n) is 9.71. The van der Waals surface area contributed by atoms with Crippen LogP contribution in [0.3, 0.4) is 0 Å². The molecule has 88 valence electrons. The summed E-state index contributed by atoms with van der Waals surface area (Å²) in [6.45, 7) is 5.40. The first-order chi connectivity index (χ1) is 7.35. The molecule has 0 saturated carbocycles. The lowest BCUT2D eigenvalue weighted by atomic mass is 9.84. The molecule has 2 aliphatic heterocycles. The minimum absolute atomic E-state index is 0.261. The van der Waals surface area contributed by atoms with E-state index in [-0.39, 0.29) is 5.60 Å². The number of nitrogens with two attached hydrogens (primary N) is 1. The van der Waals surface area contributed by atoms with Crippen LogP contribution < -0.4 is 5.73 Å². The Bertz CT molecular complexity index is 180. The quantitative estimate of drug-likeness (QED) is 0.768. The van der Waals surface area contributed by atoms with Crippen molar-refractivity contribution in [3.63, 3.8) is 0 Å². The van der Waals surface area contributed by atoms with Gasteiger partial charge in [0.2, 0.25) is 0 Å². The van der Waals surface area contributed by atoms with Crippen molar-refractivity contribution in [2.75, 3.05) is 32.8 Å². The molecule has 0 aromatic rings. The van der Waals surface area contributed by atoms with Crippen molar-refractivity contribution in [3.05, 3.63) is 0 Å². The van der Waals surface area contributed by atoms with Crippen LogP contribution in [-0.2, 0) is 4.74 Å². The maximum Gasteiger partial charge on any atom is 0.0706 e. The first-order valence-electron chi connectivity index (χ1n) is 6.41. The van der Waals surface area contributed by atoms with Crippen molar-refractivity contribution >= 4 is 0 Å². The number of hydrogen-bond donors (Lipinski definition) is 1. The van der Waals surface area contributed by atoms with E-state index in [1.165, 1.54) is 51.7 Å². The minimum Gasteiger partial charge on any atom is -0.375 e. The molecule has 0 unspecified atom stereocenters. The SMILES string of the molecule is NCCCN1CCC2(CCCCO2)CC1. The van der Waals surface area contributed by atoms with Gasteiger partial charge >= 0.3 is 0 Å². The predicted octanol–water partition coefficient (Wildman–Crippen LogP) is 1.37. The lowest BCUT2D eigenvalue weighted by molar-refractivity contribution is -0.111. The van der Waals surface area contributed by atoms with Gasteiger partial charge in [-0.25, -0.2) is 0 Å². The Morgan fingerprint density at radius 1 is 1.13 bits per heavy atom. The zero-order valence-corrected chi connectivity index (χ0v) is 9.71. The third kappa shape index (κ3) is 2.92. The third-order valence-electron chi connectivity index (χ3n) is 3.88. The van der Waals surface area contributed by atoms with Gasteiger partial charge < -0.3 is 15.4 Å². The monoisotopic (exact) mass is 212 g/mol. The number of piperidine rings is 1. The van der Waals surface area contributed by atoms with Crippen LogP contribution in [0.5, 0.6) is 0 Å². The van der Waals surface area contributed by atoms with Gasteiger partial charge in [-0.05, 0) is 51.6 Å². The summed E-state index contributed by atoms with van der Waals surface area (Å²) in [5, 5.41) is 0. The molecule has 2 rings (SSSR count). The topological polar surface area (TPSA) is 38.5 Å². The number of hydrogen-bond acceptors (Lipinski definition) is 3. The van der Waals surface area contributed by atoms with Crippen molar-refractivity contribution in [1.29, 1.82) is 0 Å². The standard InChI is InChI=1S/C12H24N2O/c13-7-3-8-14-9-5-12(6-10-14)4-1-2-11-15-12/h1-11,13H2. The Hall–Kier alpha value is -0.120. The molecule has 0 atom stereocenters. The van der Waals surface area contributed by atoms with Crippen molar-refractivity contribution in [2.45, 2.75) is 44.1 Å². The highest BCUT2D eigenvalue weighted by atomic mass is 16.5. The van der Waals surface area contributed by atoms with Gasteiger partial charge in [-0.2, -0.15) is 0 Å². The first-order valence-corrected chi connectivity index (χ1v) is 6.41. The van der Waals surface area contributed by atoms with Gasteiger partial charge in [-0.15, -0.1) is 0 Å². The van der Waals surface area contributed by atoms with Gasteiger partial charge in [0.05, 0.1) is 5.60 Å². The molecular weight excluding hydrogens is 188 g/mol. The second-order valence-electron chi connectivity index (χ2n) is 4.97. The van der Waals surface area contributed by atoms with Crippen LogP contribution in [0.25, 0.3) is 0 Å². The molecule has 3 nitrogen and oxygen atoms in total. The average Bonchev–Trinajstić information content (AvgIpc) is 2.30. The van der Waals surface area contributed by atoms with Gasteiger partial charge in [0.1, 0.15) is 0 Å². The summed E-state index contributed by atoms with van der Waals surface area (Å²) in [7, 11) is 0. The highest BCUT2D eigenvalue weighted by Crippen LogP contribution is 2.34. The van der Waals surface area contributed by atoms with E-state index < -0.39 is 0 Å². The van der Waals surface area contributed by atoms with Gasteiger partial charge in [0, 0.05) is 19.7 Å². The van der Waals surface area contributed by atoms with Crippen molar-refractivity contribution in [2.24, 2.45) is 5.73 Å². The Balaban J connectivity index is 1.75. The number of ether oxygens (including phenoxy) is 1. The van der Waals surface area contributed by atoms with Crippen molar-refractivity contribution in [3.8, 4) is 0 Å². The third-order valence-corrected chi connectivity index (χ3v) is 3.88. The van der Waals surface area contributed by atoms with E-state index in [0.29, 0.717) is 0 Å². The van der Waals surface area contributed by atoms with Gasteiger partial charge in [-0.3, -0.25) is 0 Å². The Morgan fingerprint density at radius 2 is 1.93 bits per heavy atom. The van der Waals surface area contributed by atoms with E-state index >= 15 is 0 Å². The predicted molar refractivity (Wildman–Crippen MR) is 61.9 cm³/mol. The highest BCUT2D eigenvalue weighted by molar-refractivity contribution is 4.89. The molecular formula is C12H24N2O. The maximum absolute atomic E-state index is 6.01. The Labute approximate surface area is 93.0 Å². The summed E-state index contributed by atoms with van der Waals surface area (Å²) < 4.78 is 6.01. The summed E-state index contributed by atoms with van der Waals surface area (Å²) in [4.78, 5) is 2.54. The Kier molecular flexibility index (Phi) is 4.00. The summed E-state index contributed by atoms with van der Waals surface area (Å²) in [5.41, 5.74) is 5.79. The molecule has 2 saturated heterocycles. The fraction of sp³-hybridized carbons (Fsp3) is 1.00. The normalized spacial score (nSPS) is 27.0. The second-order valence-corrected chi connectivity index (χ2v) is 4.97. The van der Waals surface area contributed by atoms with Crippen LogP contribution in [0, 0.1) is 0 Å². The second kappa shape index (κ2) is 5.28. The fourth-order valence-electron chi connectivity index (χ4n) is 2.80. The first kappa shape index (κ1) is 11.4. The molecule has 2 aliphatic rings. The lowest BCUT2D eigenvalue weighted by Gasteiger charge is -2.44. The summed E-state index contributed by atoms with van der Waals surface area (Å²) in [6.07, 6.45) is 7.52. The van der Waals surface area contributed by atoms with Crippen LogP contribution in [0.1, 0.15) is 38.5 Å². The Morgan fingerprint density at radius 3 is 2.53 bits per heavy atom. The van der Waals surface area contributed by atoms with Gasteiger partial charge in [-0.1, -0.05) is 0 Å². The summed E-state index contributed by atoms with van der Waals surface area (Å²) >= 11 is 0. The number of likely N-dealkylation sites (tertiary alicyclic amines) is 1. The van der Waals surface area contributed by atoms with Crippen LogP contribution in [0.4, 0.5) is 0 Å². The molecule has 0 radical (unpaired) electrons. The molecule has 1 spiro atoms.